The fourth-order valence-corrected chi connectivity index (χ4v) is 4.90. The smallest absolute Gasteiger partial charge is 0.243 e. The van der Waals surface area contributed by atoms with Gasteiger partial charge in [-0.25, -0.2) is 13.4 Å². The van der Waals surface area contributed by atoms with Crippen LogP contribution in [0.2, 0.25) is 0 Å². The first kappa shape index (κ1) is 13.9. The third-order valence-corrected chi connectivity index (χ3v) is 6.59. The molecule has 1 aromatic heterocycles. The summed E-state index contributed by atoms with van der Waals surface area (Å²) in [6.07, 6.45) is 0.811. The first-order valence-corrected chi connectivity index (χ1v) is 8.80. The fraction of sp³-hybridized carbons (Fsp3) is 0.462. The highest BCUT2D eigenvalue weighted by Gasteiger charge is 2.39. The van der Waals surface area contributed by atoms with Crippen molar-refractivity contribution in [3.05, 3.63) is 23.7 Å². The van der Waals surface area contributed by atoms with Gasteiger partial charge in [0.2, 0.25) is 10.0 Å². The summed E-state index contributed by atoms with van der Waals surface area (Å²) in [5.74, 6) is 0. The Hall–Kier alpha value is -1.02. The summed E-state index contributed by atoms with van der Waals surface area (Å²) in [4.78, 5) is 4.51. The molecule has 20 heavy (non-hydrogen) atoms. The van der Waals surface area contributed by atoms with Gasteiger partial charge in [-0.05, 0) is 36.6 Å². The molecule has 1 aliphatic rings. The van der Waals surface area contributed by atoms with Gasteiger partial charge in [-0.3, -0.25) is 0 Å². The van der Waals surface area contributed by atoms with Crippen molar-refractivity contribution in [3.63, 3.8) is 0 Å². The molecule has 1 fully saturated rings. The summed E-state index contributed by atoms with van der Waals surface area (Å²) in [5, 5.41) is 0. The lowest BCUT2D eigenvalue weighted by molar-refractivity contribution is 0.349. The number of hydrogen-bond donors (Lipinski definition) is 1. The maximum absolute atomic E-state index is 12.7. The maximum Gasteiger partial charge on any atom is 0.243 e. The van der Waals surface area contributed by atoms with Crippen LogP contribution in [-0.4, -0.2) is 37.3 Å². The first-order valence-electron chi connectivity index (χ1n) is 6.48. The Morgan fingerprint density at radius 1 is 1.50 bits per heavy atom. The van der Waals surface area contributed by atoms with E-state index in [1.54, 1.807) is 28.0 Å². The molecule has 0 saturated carbocycles. The molecule has 2 N–H and O–H groups in total. The van der Waals surface area contributed by atoms with Crippen LogP contribution < -0.4 is 5.73 Å². The topological polar surface area (TPSA) is 76.3 Å². The molecule has 5 nitrogen and oxygen atoms in total. The highest BCUT2D eigenvalue weighted by atomic mass is 32.2. The van der Waals surface area contributed by atoms with Crippen molar-refractivity contribution in [3.8, 4) is 0 Å². The zero-order chi connectivity index (χ0) is 14.4. The molecule has 0 spiro atoms. The van der Waals surface area contributed by atoms with Crippen LogP contribution in [-0.2, 0) is 10.0 Å². The van der Waals surface area contributed by atoms with E-state index in [-0.39, 0.29) is 5.41 Å². The van der Waals surface area contributed by atoms with E-state index in [2.05, 4.69) is 4.98 Å². The largest absolute Gasteiger partial charge is 0.330 e. The highest BCUT2D eigenvalue weighted by molar-refractivity contribution is 7.89. The molecule has 0 amide bonds. The van der Waals surface area contributed by atoms with E-state index in [1.165, 1.54) is 11.3 Å². The molecule has 3 rings (SSSR count). The van der Waals surface area contributed by atoms with Gasteiger partial charge in [0.15, 0.2) is 0 Å². The van der Waals surface area contributed by atoms with Gasteiger partial charge in [-0.2, -0.15) is 4.31 Å². The number of rotatable bonds is 3. The SMILES string of the molecule is CC1(CN)CCN(S(=O)(=O)c2ccc3ncsc3c2)C1. The van der Waals surface area contributed by atoms with E-state index in [9.17, 15) is 8.42 Å². The van der Waals surface area contributed by atoms with Gasteiger partial charge in [0, 0.05) is 13.1 Å². The Labute approximate surface area is 122 Å². The van der Waals surface area contributed by atoms with Gasteiger partial charge < -0.3 is 5.73 Å². The maximum atomic E-state index is 12.7. The van der Waals surface area contributed by atoms with Gasteiger partial charge in [0.25, 0.3) is 0 Å². The first-order chi connectivity index (χ1) is 9.44. The number of benzene rings is 1. The van der Waals surface area contributed by atoms with Crippen molar-refractivity contribution in [2.24, 2.45) is 11.1 Å². The molecule has 1 aromatic carbocycles. The predicted octanol–water partition coefficient (Wildman–Crippen LogP) is 1.66. The summed E-state index contributed by atoms with van der Waals surface area (Å²) in [6, 6.07) is 5.10. The van der Waals surface area contributed by atoms with Crippen molar-refractivity contribution in [2.45, 2.75) is 18.2 Å². The second-order valence-corrected chi connectivity index (χ2v) is 8.41. The van der Waals surface area contributed by atoms with Crippen LogP contribution in [0.1, 0.15) is 13.3 Å². The number of sulfonamides is 1. The third-order valence-electron chi connectivity index (χ3n) is 3.96. The van der Waals surface area contributed by atoms with E-state index in [0.717, 1.165) is 16.6 Å². The molecule has 108 valence electrons. The number of aromatic nitrogens is 1. The second-order valence-electron chi connectivity index (χ2n) is 5.59. The van der Waals surface area contributed by atoms with E-state index < -0.39 is 10.0 Å². The molecule has 0 radical (unpaired) electrons. The second kappa shape index (κ2) is 4.77. The minimum absolute atomic E-state index is 0.109. The molecule has 1 aliphatic heterocycles. The lowest BCUT2D eigenvalue weighted by Gasteiger charge is -2.22. The normalized spacial score (nSPS) is 24.5. The van der Waals surface area contributed by atoms with Crippen LogP contribution >= 0.6 is 11.3 Å². The van der Waals surface area contributed by atoms with Crippen LogP contribution in [0.5, 0.6) is 0 Å². The summed E-state index contributed by atoms with van der Waals surface area (Å²) in [5.41, 5.74) is 8.20. The minimum atomic E-state index is -3.43. The highest BCUT2D eigenvalue weighted by Crippen LogP contribution is 2.33. The Bertz CT molecular complexity index is 741. The molecular weight excluding hydrogens is 294 g/mol. The average molecular weight is 311 g/mol. The quantitative estimate of drug-likeness (QED) is 0.935. The van der Waals surface area contributed by atoms with Crippen LogP contribution in [0.15, 0.2) is 28.6 Å². The van der Waals surface area contributed by atoms with Gasteiger partial charge in [-0.15, -0.1) is 11.3 Å². The van der Waals surface area contributed by atoms with E-state index in [4.69, 9.17) is 5.73 Å². The molecule has 0 bridgehead atoms. The van der Waals surface area contributed by atoms with Crippen LogP contribution in [0.4, 0.5) is 0 Å². The lowest BCUT2D eigenvalue weighted by Crippen LogP contribution is -2.34. The molecule has 1 unspecified atom stereocenters. The van der Waals surface area contributed by atoms with Crippen molar-refractivity contribution in [1.82, 2.24) is 9.29 Å². The van der Waals surface area contributed by atoms with Crippen LogP contribution in [0.25, 0.3) is 10.2 Å². The Kier molecular flexibility index (Phi) is 3.32. The molecule has 2 aromatic rings. The van der Waals surface area contributed by atoms with Gasteiger partial charge in [0.05, 0.1) is 20.6 Å². The molecule has 1 saturated heterocycles. The monoisotopic (exact) mass is 311 g/mol. The molecule has 2 heterocycles. The number of thiazole rings is 1. The van der Waals surface area contributed by atoms with E-state index >= 15 is 0 Å². The lowest BCUT2D eigenvalue weighted by atomic mass is 9.90. The van der Waals surface area contributed by atoms with Gasteiger partial charge in [0.1, 0.15) is 0 Å². The van der Waals surface area contributed by atoms with Gasteiger partial charge in [-0.1, -0.05) is 6.92 Å². The predicted molar refractivity (Wildman–Crippen MR) is 80.2 cm³/mol. The molecular formula is C13H17N3O2S2. The van der Waals surface area contributed by atoms with Gasteiger partial charge >= 0.3 is 0 Å². The Morgan fingerprint density at radius 3 is 3.00 bits per heavy atom. The fourth-order valence-electron chi connectivity index (χ4n) is 2.50. The molecule has 1 atom stereocenters. The molecule has 7 heteroatoms. The third kappa shape index (κ3) is 2.24. The van der Waals surface area contributed by atoms with Crippen molar-refractivity contribution in [2.75, 3.05) is 19.6 Å². The number of fused-ring (bicyclic) bond motifs is 1. The number of hydrogen-bond acceptors (Lipinski definition) is 5. The Balaban J connectivity index is 1.95. The summed E-state index contributed by atoms with van der Waals surface area (Å²) >= 11 is 1.45. The molecule has 0 aliphatic carbocycles. The van der Waals surface area contributed by atoms with Crippen LogP contribution in [0, 0.1) is 5.41 Å². The number of nitrogens with zero attached hydrogens (tertiary/aromatic N) is 2. The van der Waals surface area contributed by atoms with E-state index in [0.29, 0.717) is 24.5 Å². The summed E-state index contributed by atoms with van der Waals surface area (Å²) in [7, 11) is -3.43. The van der Waals surface area contributed by atoms with Crippen molar-refractivity contribution in [1.29, 1.82) is 0 Å². The van der Waals surface area contributed by atoms with E-state index in [1.807, 2.05) is 6.92 Å². The zero-order valence-corrected chi connectivity index (χ0v) is 12.9. The standard InChI is InChI=1S/C13H17N3O2S2/c1-13(7-14)4-5-16(8-13)20(17,18)10-2-3-11-12(6-10)19-9-15-11/h2-3,6,9H,4-5,7-8,14H2,1H3. The average Bonchev–Trinajstić information content (AvgIpc) is 3.05. The van der Waals surface area contributed by atoms with Crippen LogP contribution in [0.3, 0.4) is 0 Å². The Morgan fingerprint density at radius 2 is 2.30 bits per heavy atom. The summed E-state index contributed by atoms with van der Waals surface area (Å²) < 4.78 is 27.8. The number of nitrogens with two attached hydrogens (primary N) is 1. The van der Waals surface area contributed by atoms with Crippen molar-refractivity contribution < 1.29 is 8.42 Å². The summed E-state index contributed by atoms with van der Waals surface area (Å²) in [6.45, 7) is 3.57. The zero-order valence-electron chi connectivity index (χ0n) is 11.2. The minimum Gasteiger partial charge on any atom is -0.330 e. The van der Waals surface area contributed by atoms with Crippen molar-refractivity contribution >= 4 is 31.6 Å².